The fourth-order valence-electron chi connectivity index (χ4n) is 3.24. The van der Waals surface area contributed by atoms with Crippen molar-refractivity contribution >= 4 is 10.8 Å². The number of rotatable bonds is 7. The van der Waals surface area contributed by atoms with E-state index >= 15 is 0 Å². The number of ether oxygens (including phenoxy) is 1. The predicted molar refractivity (Wildman–Crippen MR) is 88.5 cm³/mol. The molecule has 0 saturated carbocycles. The fraction of sp³-hybridized carbons (Fsp3) is 0.500. The molecule has 0 bridgehead atoms. The quantitative estimate of drug-likeness (QED) is 0.832. The van der Waals surface area contributed by atoms with Crippen molar-refractivity contribution in [2.75, 3.05) is 13.7 Å². The lowest BCUT2D eigenvalue weighted by atomic mass is 9.82. The molecule has 2 rings (SSSR count). The average Bonchev–Trinajstić information content (AvgIpc) is 2.55. The molecule has 0 aliphatic heterocycles. The standard InChI is InChI=1S/C18H26N2O/c1-5-18(6-2,21-4)17(20-7-3)15-10-8-9-14-11-12-19-13-16(14)15/h8-13,17,20H,5-7H2,1-4H3. The van der Waals surface area contributed by atoms with Gasteiger partial charge < -0.3 is 10.1 Å². The van der Waals surface area contributed by atoms with Crippen molar-refractivity contribution in [3.63, 3.8) is 0 Å². The van der Waals surface area contributed by atoms with Crippen LogP contribution in [0.1, 0.15) is 45.2 Å². The number of hydrogen-bond acceptors (Lipinski definition) is 3. The van der Waals surface area contributed by atoms with E-state index in [1.165, 1.54) is 16.3 Å². The first-order chi connectivity index (χ1) is 10.2. The van der Waals surface area contributed by atoms with Crippen LogP contribution in [0.5, 0.6) is 0 Å². The van der Waals surface area contributed by atoms with Crippen molar-refractivity contribution in [3.8, 4) is 0 Å². The molecule has 1 aromatic carbocycles. The molecule has 1 unspecified atom stereocenters. The van der Waals surface area contributed by atoms with E-state index < -0.39 is 0 Å². The Balaban J connectivity index is 2.60. The van der Waals surface area contributed by atoms with Crippen LogP contribution >= 0.6 is 0 Å². The van der Waals surface area contributed by atoms with Crippen molar-refractivity contribution in [2.24, 2.45) is 0 Å². The van der Waals surface area contributed by atoms with Gasteiger partial charge in [0.15, 0.2) is 0 Å². The number of nitrogens with one attached hydrogen (secondary N) is 1. The Kier molecular flexibility index (Phi) is 5.32. The van der Waals surface area contributed by atoms with Crippen molar-refractivity contribution in [1.82, 2.24) is 10.3 Å². The molecule has 3 heteroatoms. The van der Waals surface area contributed by atoms with Crippen LogP contribution in [-0.4, -0.2) is 24.2 Å². The number of pyridine rings is 1. The molecule has 1 atom stereocenters. The van der Waals surface area contributed by atoms with Crippen LogP contribution in [0.4, 0.5) is 0 Å². The molecule has 1 aromatic heterocycles. The van der Waals surface area contributed by atoms with Crippen LogP contribution in [0.2, 0.25) is 0 Å². The van der Waals surface area contributed by atoms with Gasteiger partial charge in [0.05, 0.1) is 11.6 Å². The molecule has 0 spiro atoms. The summed E-state index contributed by atoms with van der Waals surface area (Å²) in [6.45, 7) is 7.44. The Morgan fingerprint density at radius 3 is 2.57 bits per heavy atom. The monoisotopic (exact) mass is 286 g/mol. The second-order valence-electron chi connectivity index (χ2n) is 5.41. The van der Waals surface area contributed by atoms with E-state index in [0.29, 0.717) is 0 Å². The molecule has 21 heavy (non-hydrogen) atoms. The first kappa shape index (κ1) is 15.9. The summed E-state index contributed by atoms with van der Waals surface area (Å²) < 4.78 is 5.97. The van der Waals surface area contributed by atoms with Gasteiger partial charge in [-0.2, -0.15) is 0 Å². The summed E-state index contributed by atoms with van der Waals surface area (Å²) in [6.07, 6.45) is 5.74. The lowest BCUT2D eigenvalue weighted by Crippen LogP contribution is -2.45. The molecular formula is C18H26N2O. The third kappa shape index (κ3) is 2.94. The minimum absolute atomic E-state index is 0.162. The number of aromatic nitrogens is 1. The molecule has 0 amide bonds. The van der Waals surface area contributed by atoms with E-state index in [0.717, 1.165) is 19.4 Å². The molecule has 0 saturated heterocycles. The van der Waals surface area contributed by atoms with E-state index in [-0.39, 0.29) is 11.6 Å². The third-order valence-electron chi connectivity index (χ3n) is 4.57. The molecule has 0 aliphatic carbocycles. The van der Waals surface area contributed by atoms with Crippen LogP contribution < -0.4 is 5.32 Å². The van der Waals surface area contributed by atoms with Crippen molar-refractivity contribution in [3.05, 3.63) is 42.2 Å². The maximum Gasteiger partial charge on any atom is 0.0867 e. The fourth-order valence-corrected chi connectivity index (χ4v) is 3.24. The van der Waals surface area contributed by atoms with Gasteiger partial charge >= 0.3 is 0 Å². The minimum Gasteiger partial charge on any atom is -0.376 e. The van der Waals surface area contributed by atoms with E-state index in [1.807, 2.05) is 19.5 Å². The normalized spacial score (nSPS) is 13.5. The molecule has 1 N–H and O–H groups in total. The first-order valence-electron chi connectivity index (χ1n) is 7.83. The zero-order valence-corrected chi connectivity index (χ0v) is 13.5. The number of hydrogen-bond donors (Lipinski definition) is 1. The van der Waals surface area contributed by atoms with E-state index in [9.17, 15) is 0 Å². The number of nitrogens with zero attached hydrogens (tertiary/aromatic N) is 1. The molecule has 2 aromatic rings. The van der Waals surface area contributed by atoms with E-state index in [4.69, 9.17) is 4.74 Å². The number of fused-ring (bicyclic) bond motifs is 1. The molecule has 0 radical (unpaired) electrons. The summed E-state index contributed by atoms with van der Waals surface area (Å²) in [4.78, 5) is 4.31. The minimum atomic E-state index is -0.194. The second-order valence-corrected chi connectivity index (χ2v) is 5.41. The summed E-state index contributed by atoms with van der Waals surface area (Å²) >= 11 is 0. The molecule has 1 heterocycles. The molecule has 0 aliphatic rings. The number of methoxy groups -OCH3 is 1. The lowest BCUT2D eigenvalue weighted by Gasteiger charge is -2.39. The van der Waals surface area contributed by atoms with Gasteiger partial charge in [-0.05, 0) is 36.4 Å². The van der Waals surface area contributed by atoms with Crippen LogP contribution in [-0.2, 0) is 4.74 Å². The highest BCUT2D eigenvalue weighted by Gasteiger charge is 2.37. The molecule has 114 valence electrons. The molecule has 0 fully saturated rings. The van der Waals surface area contributed by atoms with Crippen molar-refractivity contribution < 1.29 is 4.74 Å². The van der Waals surface area contributed by atoms with Gasteiger partial charge in [0.2, 0.25) is 0 Å². The number of benzene rings is 1. The van der Waals surface area contributed by atoms with Gasteiger partial charge in [-0.15, -0.1) is 0 Å². The smallest absolute Gasteiger partial charge is 0.0867 e. The summed E-state index contributed by atoms with van der Waals surface area (Å²) in [6, 6.07) is 8.67. The van der Waals surface area contributed by atoms with Crippen molar-refractivity contribution in [2.45, 2.75) is 45.3 Å². The maximum atomic E-state index is 5.97. The zero-order chi connectivity index (χ0) is 15.3. The van der Waals surface area contributed by atoms with E-state index in [1.54, 1.807) is 0 Å². The highest BCUT2D eigenvalue weighted by molar-refractivity contribution is 5.85. The van der Waals surface area contributed by atoms with Gasteiger partial charge in [0.1, 0.15) is 0 Å². The Bertz CT molecular complexity index is 565. The molecular weight excluding hydrogens is 260 g/mol. The second kappa shape index (κ2) is 7.01. The van der Waals surface area contributed by atoms with Gasteiger partial charge in [0.25, 0.3) is 0 Å². The van der Waals surface area contributed by atoms with Gasteiger partial charge in [0, 0.05) is 24.9 Å². The average molecular weight is 286 g/mol. The van der Waals surface area contributed by atoms with Crippen LogP contribution in [0.3, 0.4) is 0 Å². The topological polar surface area (TPSA) is 34.2 Å². The SMILES string of the molecule is CCNC(c1cccc2ccncc12)C(CC)(CC)OC. The van der Waals surface area contributed by atoms with Gasteiger partial charge in [-0.1, -0.05) is 39.0 Å². The third-order valence-corrected chi connectivity index (χ3v) is 4.57. The Labute approximate surface area is 127 Å². The highest BCUT2D eigenvalue weighted by atomic mass is 16.5. The first-order valence-corrected chi connectivity index (χ1v) is 7.83. The van der Waals surface area contributed by atoms with Crippen LogP contribution in [0, 0.1) is 0 Å². The molecule has 3 nitrogen and oxygen atoms in total. The summed E-state index contributed by atoms with van der Waals surface area (Å²) in [5.41, 5.74) is 1.08. The summed E-state index contributed by atoms with van der Waals surface area (Å²) in [5.74, 6) is 0. The number of likely N-dealkylation sites (N-methyl/N-ethyl adjacent to an activating group) is 1. The predicted octanol–water partition coefficient (Wildman–Crippen LogP) is 4.09. The lowest BCUT2D eigenvalue weighted by molar-refractivity contribution is -0.0478. The Morgan fingerprint density at radius 1 is 1.19 bits per heavy atom. The zero-order valence-electron chi connectivity index (χ0n) is 13.5. The largest absolute Gasteiger partial charge is 0.376 e. The van der Waals surface area contributed by atoms with Gasteiger partial charge in [-0.3, -0.25) is 4.98 Å². The Morgan fingerprint density at radius 2 is 1.95 bits per heavy atom. The highest BCUT2D eigenvalue weighted by Crippen LogP contribution is 2.37. The van der Waals surface area contributed by atoms with E-state index in [2.05, 4.69) is 55.3 Å². The summed E-state index contributed by atoms with van der Waals surface area (Å²) in [7, 11) is 1.82. The van der Waals surface area contributed by atoms with Gasteiger partial charge in [-0.25, -0.2) is 0 Å². The maximum absolute atomic E-state index is 5.97. The van der Waals surface area contributed by atoms with Crippen LogP contribution in [0.15, 0.2) is 36.7 Å². The van der Waals surface area contributed by atoms with Crippen molar-refractivity contribution in [1.29, 1.82) is 0 Å². The van der Waals surface area contributed by atoms with Crippen LogP contribution in [0.25, 0.3) is 10.8 Å². The summed E-state index contributed by atoms with van der Waals surface area (Å²) in [5, 5.41) is 6.06. The Hall–Kier alpha value is -1.45.